The van der Waals surface area contributed by atoms with E-state index in [-0.39, 0.29) is 17.6 Å². The standard InChI is InChI=1S/C25H36O3/c1-17(2)23(5,6)18(3)19(4)25(9,10)28-22(27)24(7,8)21(26)16-20-14-12-11-13-15-20/h11-15H,1,16H2,2-10H3. The third-order valence-electron chi connectivity index (χ3n) is 6.23. The van der Waals surface area contributed by atoms with Crippen LogP contribution in [0.25, 0.3) is 0 Å². The van der Waals surface area contributed by atoms with Crippen molar-refractivity contribution in [3.63, 3.8) is 0 Å². The summed E-state index contributed by atoms with van der Waals surface area (Å²) in [6, 6.07) is 9.45. The van der Waals surface area contributed by atoms with Crippen LogP contribution in [0.5, 0.6) is 0 Å². The van der Waals surface area contributed by atoms with Crippen LogP contribution in [0.4, 0.5) is 0 Å². The summed E-state index contributed by atoms with van der Waals surface area (Å²) in [7, 11) is 0. The largest absolute Gasteiger partial charge is 0.454 e. The van der Waals surface area contributed by atoms with E-state index in [1.54, 1.807) is 13.8 Å². The van der Waals surface area contributed by atoms with Crippen molar-refractivity contribution in [2.75, 3.05) is 0 Å². The van der Waals surface area contributed by atoms with Crippen LogP contribution in [-0.2, 0) is 20.7 Å². The lowest BCUT2D eigenvalue weighted by molar-refractivity contribution is -0.166. The Morgan fingerprint density at radius 3 is 1.82 bits per heavy atom. The average Bonchev–Trinajstić information content (AvgIpc) is 2.60. The Morgan fingerprint density at radius 2 is 1.36 bits per heavy atom. The molecule has 0 aliphatic rings. The third-order valence-corrected chi connectivity index (χ3v) is 6.23. The quantitative estimate of drug-likeness (QED) is 0.310. The maximum absolute atomic E-state index is 12.9. The normalized spacial score (nSPS) is 13.6. The maximum Gasteiger partial charge on any atom is 0.319 e. The van der Waals surface area contributed by atoms with Gasteiger partial charge in [-0.15, -0.1) is 0 Å². The van der Waals surface area contributed by atoms with Gasteiger partial charge in [0, 0.05) is 11.8 Å². The van der Waals surface area contributed by atoms with Crippen molar-refractivity contribution in [3.05, 3.63) is 59.2 Å². The summed E-state index contributed by atoms with van der Waals surface area (Å²) in [6.45, 7) is 21.4. The van der Waals surface area contributed by atoms with Gasteiger partial charge in [0.2, 0.25) is 0 Å². The van der Waals surface area contributed by atoms with Gasteiger partial charge in [-0.2, -0.15) is 0 Å². The van der Waals surface area contributed by atoms with Crippen molar-refractivity contribution in [2.45, 2.75) is 74.3 Å². The molecule has 0 fully saturated rings. The fourth-order valence-electron chi connectivity index (χ4n) is 2.79. The number of hydrogen-bond acceptors (Lipinski definition) is 3. The van der Waals surface area contributed by atoms with Gasteiger partial charge in [0.1, 0.15) is 11.0 Å². The fraction of sp³-hybridized carbons (Fsp3) is 0.520. The molecule has 0 amide bonds. The van der Waals surface area contributed by atoms with Crippen LogP contribution in [0.1, 0.15) is 67.9 Å². The maximum atomic E-state index is 12.9. The molecule has 0 bridgehead atoms. The van der Waals surface area contributed by atoms with E-state index in [0.717, 1.165) is 22.3 Å². The first-order chi connectivity index (χ1) is 12.6. The minimum absolute atomic E-state index is 0.153. The molecule has 154 valence electrons. The van der Waals surface area contributed by atoms with Gasteiger partial charge >= 0.3 is 5.97 Å². The van der Waals surface area contributed by atoms with Crippen LogP contribution in [0.3, 0.4) is 0 Å². The number of Topliss-reactive ketones (excluding diaryl/α,β-unsaturated/α-hetero) is 1. The van der Waals surface area contributed by atoms with E-state index >= 15 is 0 Å². The zero-order valence-electron chi connectivity index (χ0n) is 19.0. The topological polar surface area (TPSA) is 43.4 Å². The number of benzene rings is 1. The second kappa shape index (κ2) is 8.46. The van der Waals surface area contributed by atoms with E-state index in [0.29, 0.717) is 0 Å². The third kappa shape index (κ3) is 5.21. The summed E-state index contributed by atoms with van der Waals surface area (Å²) in [5, 5.41) is 0. The van der Waals surface area contributed by atoms with Crippen molar-refractivity contribution < 1.29 is 14.3 Å². The summed E-state index contributed by atoms with van der Waals surface area (Å²) in [5.74, 6) is -0.654. The van der Waals surface area contributed by atoms with Gasteiger partial charge in [0.05, 0.1) is 0 Å². The second-order valence-corrected chi connectivity index (χ2v) is 9.27. The molecule has 0 aliphatic carbocycles. The van der Waals surface area contributed by atoms with Gasteiger partial charge < -0.3 is 4.74 Å². The minimum atomic E-state index is -1.22. The molecule has 1 rings (SSSR count). The molecule has 0 saturated carbocycles. The highest BCUT2D eigenvalue weighted by Gasteiger charge is 2.41. The first kappa shape index (κ1) is 23.9. The van der Waals surface area contributed by atoms with Gasteiger partial charge in [-0.05, 0) is 59.6 Å². The van der Waals surface area contributed by atoms with Crippen LogP contribution < -0.4 is 0 Å². The molecular weight excluding hydrogens is 348 g/mol. The van der Waals surface area contributed by atoms with Crippen molar-refractivity contribution in [2.24, 2.45) is 10.8 Å². The molecule has 3 nitrogen and oxygen atoms in total. The lowest BCUT2D eigenvalue weighted by atomic mass is 9.75. The zero-order valence-corrected chi connectivity index (χ0v) is 19.0. The molecular formula is C25H36O3. The summed E-state index contributed by atoms with van der Waals surface area (Å²) in [4.78, 5) is 25.7. The first-order valence-electron chi connectivity index (χ1n) is 9.79. The number of rotatable bonds is 8. The number of hydrogen-bond donors (Lipinski definition) is 0. The van der Waals surface area contributed by atoms with Gasteiger partial charge in [-0.3, -0.25) is 9.59 Å². The summed E-state index contributed by atoms with van der Waals surface area (Å²) < 4.78 is 5.87. The zero-order chi connectivity index (χ0) is 21.9. The first-order valence-corrected chi connectivity index (χ1v) is 9.79. The van der Waals surface area contributed by atoms with E-state index in [2.05, 4.69) is 20.4 Å². The molecule has 28 heavy (non-hydrogen) atoms. The number of esters is 1. The number of ether oxygens (including phenoxy) is 1. The van der Waals surface area contributed by atoms with Crippen LogP contribution in [0, 0.1) is 10.8 Å². The van der Waals surface area contributed by atoms with Crippen LogP contribution in [-0.4, -0.2) is 17.4 Å². The highest BCUT2D eigenvalue weighted by Crippen LogP contribution is 2.39. The molecule has 0 heterocycles. The molecule has 0 unspecified atom stereocenters. The van der Waals surface area contributed by atoms with Gasteiger partial charge in [0.15, 0.2) is 5.78 Å². The Balaban J connectivity index is 3.05. The predicted molar refractivity (Wildman–Crippen MR) is 116 cm³/mol. The monoisotopic (exact) mass is 384 g/mol. The summed E-state index contributed by atoms with van der Waals surface area (Å²) in [5.41, 5.74) is 1.79. The molecule has 0 spiro atoms. The smallest absolute Gasteiger partial charge is 0.319 e. The molecule has 1 aromatic rings. The van der Waals surface area contributed by atoms with Crippen molar-refractivity contribution >= 4 is 11.8 Å². The Morgan fingerprint density at radius 1 is 0.857 bits per heavy atom. The second-order valence-electron chi connectivity index (χ2n) is 9.27. The van der Waals surface area contributed by atoms with Crippen LogP contribution >= 0.6 is 0 Å². The highest BCUT2D eigenvalue weighted by molar-refractivity contribution is 6.03. The van der Waals surface area contributed by atoms with Crippen molar-refractivity contribution in [1.29, 1.82) is 0 Å². The number of carbonyl (C=O) groups is 2. The highest BCUT2D eigenvalue weighted by atomic mass is 16.6. The van der Waals surface area contributed by atoms with Gasteiger partial charge in [-0.1, -0.05) is 61.9 Å². The lowest BCUT2D eigenvalue weighted by Crippen LogP contribution is -2.42. The Hall–Kier alpha value is -2.16. The number of ketones is 1. The van der Waals surface area contributed by atoms with E-state index in [1.165, 1.54) is 0 Å². The Labute approximate surface area is 170 Å². The molecule has 0 atom stereocenters. The minimum Gasteiger partial charge on any atom is -0.454 e. The summed E-state index contributed by atoms with van der Waals surface area (Å²) in [6.07, 6.45) is 0.208. The SMILES string of the molecule is C=C(C)C(C)(C)C(C)=C(C)C(C)(C)OC(=O)C(C)(C)C(=O)Cc1ccccc1. The summed E-state index contributed by atoms with van der Waals surface area (Å²) >= 11 is 0. The molecule has 0 radical (unpaired) electrons. The Kier molecular flexibility index (Phi) is 7.22. The fourth-order valence-corrected chi connectivity index (χ4v) is 2.79. The van der Waals surface area contributed by atoms with Crippen molar-refractivity contribution in [3.8, 4) is 0 Å². The van der Waals surface area contributed by atoms with Crippen LogP contribution in [0.15, 0.2) is 53.6 Å². The van der Waals surface area contributed by atoms with Gasteiger partial charge in [0.25, 0.3) is 0 Å². The number of allylic oxidation sites excluding steroid dienone is 2. The molecule has 0 aliphatic heterocycles. The van der Waals surface area contributed by atoms with Crippen molar-refractivity contribution in [1.82, 2.24) is 0 Å². The van der Waals surface area contributed by atoms with Crippen LogP contribution in [0.2, 0.25) is 0 Å². The predicted octanol–water partition coefficient (Wildman–Crippen LogP) is 6.08. The molecule has 3 heteroatoms. The van der Waals surface area contributed by atoms with E-state index in [9.17, 15) is 9.59 Å². The molecule has 0 N–H and O–H groups in total. The van der Waals surface area contributed by atoms with E-state index < -0.39 is 17.0 Å². The van der Waals surface area contributed by atoms with E-state index in [1.807, 2.05) is 65.0 Å². The molecule has 0 aromatic heterocycles. The number of carbonyl (C=O) groups excluding carboxylic acids is 2. The van der Waals surface area contributed by atoms with E-state index in [4.69, 9.17) is 4.74 Å². The average molecular weight is 385 g/mol. The Bertz CT molecular complexity index is 777. The molecule has 1 aromatic carbocycles. The van der Waals surface area contributed by atoms with Gasteiger partial charge in [-0.25, -0.2) is 0 Å². The lowest BCUT2D eigenvalue weighted by Gasteiger charge is -2.36. The molecule has 0 saturated heterocycles.